The summed E-state index contributed by atoms with van der Waals surface area (Å²) in [6.07, 6.45) is -0.697. The van der Waals surface area contributed by atoms with E-state index in [-0.39, 0.29) is 25.4 Å². The van der Waals surface area contributed by atoms with E-state index in [0.717, 1.165) is 0 Å². The van der Waals surface area contributed by atoms with Gasteiger partial charge in [0.2, 0.25) is 10.0 Å². The van der Waals surface area contributed by atoms with E-state index in [0.29, 0.717) is 0 Å². The number of aliphatic hydroxyl groups is 1. The first kappa shape index (κ1) is 11.4. The zero-order valence-electron chi connectivity index (χ0n) is 7.59. The van der Waals surface area contributed by atoms with E-state index < -0.39 is 22.7 Å². The number of morpholine rings is 1. The summed E-state index contributed by atoms with van der Waals surface area (Å²) >= 11 is 0. The van der Waals surface area contributed by atoms with E-state index in [2.05, 4.69) is 0 Å². The normalized spacial score (nSPS) is 24.4. The van der Waals surface area contributed by atoms with Crippen LogP contribution in [0.15, 0.2) is 0 Å². The van der Waals surface area contributed by atoms with Crippen LogP contribution in [0, 0.1) is 11.3 Å². The third kappa shape index (κ3) is 2.65. The molecule has 0 saturated carbocycles. The lowest BCUT2D eigenvalue weighted by atomic mass is 10.3. The van der Waals surface area contributed by atoms with Gasteiger partial charge in [-0.25, -0.2) is 8.42 Å². The van der Waals surface area contributed by atoms with Gasteiger partial charge in [-0.2, -0.15) is 9.57 Å². The molecule has 1 saturated heterocycles. The lowest BCUT2D eigenvalue weighted by molar-refractivity contribution is 0.0310. The van der Waals surface area contributed by atoms with Crippen LogP contribution in [0.3, 0.4) is 0 Å². The van der Waals surface area contributed by atoms with Crippen LogP contribution >= 0.6 is 0 Å². The van der Waals surface area contributed by atoms with Gasteiger partial charge in [0.25, 0.3) is 0 Å². The van der Waals surface area contributed by atoms with Crippen LogP contribution < -0.4 is 0 Å². The number of hydrogen-bond acceptors (Lipinski definition) is 5. The highest BCUT2D eigenvalue weighted by atomic mass is 32.2. The third-order valence-corrected chi connectivity index (χ3v) is 3.73. The van der Waals surface area contributed by atoms with E-state index in [1.807, 2.05) is 6.07 Å². The molecule has 0 aliphatic carbocycles. The molecule has 1 heterocycles. The molecule has 1 unspecified atom stereocenters. The Morgan fingerprint density at radius 2 is 2.36 bits per heavy atom. The van der Waals surface area contributed by atoms with Gasteiger partial charge in [-0.3, -0.25) is 0 Å². The van der Waals surface area contributed by atoms with E-state index in [9.17, 15) is 8.42 Å². The third-order valence-electron chi connectivity index (χ3n) is 1.92. The summed E-state index contributed by atoms with van der Waals surface area (Å²) in [7, 11) is -3.42. The Morgan fingerprint density at radius 3 is 2.93 bits per heavy atom. The molecule has 6 nitrogen and oxygen atoms in total. The maximum atomic E-state index is 11.4. The molecule has 7 heteroatoms. The Balaban J connectivity index is 2.65. The highest BCUT2D eigenvalue weighted by Gasteiger charge is 2.28. The van der Waals surface area contributed by atoms with Crippen molar-refractivity contribution < 1.29 is 18.3 Å². The summed E-state index contributed by atoms with van der Waals surface area (Å²) < 4.78 is 29.1. The van der Waals surface area contributed by atoms with Crippen molar-refractivity contribution in [2.75, 3.05) is 32.1 Å². The highest BCUT2D eigenvalue weighted by molar-refractivity contribution is 7.89. The minimum absolute atomic E-state index is 0.0544. The first-order valence-corrected chi connectivity index (χ1v) is 5.81. The van der Waals surface area contributed by atoms with E-state index >= 15 is 0 Å². The van der Waals surface area contributed by atoms with Crippen molar-refractivity contribution in [3.63, 3.8) is 0 Å². The van der Waals surface area contributed by atoms with Crippen LogP contribution in [0.25, 0.3) is 0 Å². The van der Waals surface area contributed by atoms with Gasteiger partial charge in [-0.15, -0.1) is 0 Å². The Bertz CT molecular complexity index is 321. The van der Waals surface area contributed by atoms with Crippen LogP contribution in [0.4, 0.5) is 0 Å². The predicted molar refractivity (Wildman–Crippen MR) is 47.8 cm³/mol. The van der Waals surface area contributed by atoms with Crippen LogP contribution in [-0.4, -0.2) is 56.0 Å². The molecule has 0 bridgehead atoms. The number of nitriles is 1. The largest absolute Gasteiger partial charge is 0.395 e. The fourth-order valence-electron chi connectivity index (χ4n) is 1.20. The molecule has 1 atom stereocenters. The average molecular weight is 220 g/mol. The average Bonchev–Trinajstić information content (AvgIpc) is 2.18. The minimum atomic E-state index is -3.42. The predicted octanol–water partition coefficient (Wildman–Crippen LogP) is -1.47. The van der Waals surface area contributed by atoms with Gasteiger partial charge < -0.3 is 9.84 Å². The van der Waals surface area contributed by atoms with Crippen molar-refractivity contribution in [1.82, 2.24) is 4.31 Å². The second-order valence-corrected chi connectivity index (χ2v) is 4.97. The molecule has 0 aromatic carbocycles. The maximum Gasteiger partial charge on any atom is 0.216 e. The number of aliphatic hydroxyl groups excluding tert-OH is 1. The van der Waals surface area contributed by atoms with Crippen molar-refractivity contribution in [3.8, 4) is 6.07 Å². The van der Waals surface area contributed by atoms with E-state index in [1.165, 1.54) is 4.31 Å². The molecule has 80 valence electrons. The summed E-state index contributed by atoms with van der Waals surface area (Å²) in [5, 5.41) is 17.1. The zero-order chi connectivity index (χ0) is 10.6. The standard InChI is InChI=1S/C7H12N2O4S/c8-5-7-6-9(1-3-13-7)14(11,12)4-2-10/h7,10H,1-4,6H2. The number of ether oxygens (including phenoxy) is 1. The van der Waals surface area contributed by atoms with Crippen LogP contribution in [-0.2, 0) is 14.8 Å². The van der Waals surface area contributed by atoms with Crippen LogP contribution in [0.2, 0.25) is 0 Å². The number of hydrogen-bond donors (Lipinski definition) is 1. The summed E-state index contributed by atoms with van der Waals surface area (Å²) in [6, 6.07) is 1.86. The smallest absolute Gasteiger partial charge is 0.216 e. The molecule has 0 amide bonds. The lowest BCUT2D eigenvalue weighted by Gasteiger charge is -2.28. The lowest BCUT2D eigenvalue weighted by Crippen LogP contribution is -2.46. The minimum Gasteiger partial charge on any atom is -0.395 e. The molecule has 1 aliphatic rings. The van der Waals surface area contributed by atoms with Gasteiger partial charge in [-0.1, -0.05) is 0 Å². The number of rotatable bonds is 3. The molecule has 1 fully saturated rings. The number of nitrogens with zero attached hydrogens (tertiary/aromatic N) is 2. The van der Waals surface area contributed by atoms with Gasteiger partial charge in [0.1, 0.15) is 0 Å². The van der Waals surface area contributed by atoms with Gasteiger partial charge in [0, 0.05) is 6.54 Å². The summed E-state index contributed by atoms with van der Waals surface area (Å²) in [4.78, 5) is 0. The van der Waals surface area contributed by atoms with Gasteiger partial charge >= 0.3 is 0 Å². The molecule has 1 aliphatic heterocycles. The molecule has 1 N–H and O–H groups in total. The van der Waals surface area contributed by atoms with Crippen LogP contribution in [0.5, 0.6) is 0 Å². The van der Waals surface area contributed by atoms with Crippen molar-refractivity contribution in [2.45, 2.75) is 6.10 Å². The van der Waals surface area contributed by atoms with Crippen molar-refractivity contribution in [3.05, 3.63) is 0 Å². The highest BCUT2D eigenvalue weighted by Crippen LogP contribution is 2.09. The van der Waals surface area contributed by atoms with Gasteiger partial charge in [-0.05, 0) is 0 Å². The molecule has 0 aromatic heterocycles. The molecular weight excluding hydrogens is 208 g/mol. The van der Waals surface area contributed by atoms with Gasteiger partial charge in [0.05, 0.1) is 31.6 Å². The molecule has 14 heavy (non-hydrogen) atoms. The Morgan fingerprint density at radius 1 is 1.64 bits per heavy atom. The molecule has 0 aromatic rings. The van der Waals surface area contributed by atoms with E-state index in [4.69, 9.17) is 15.1 Å². The molecule has 0 spiro atoms. The first-order chi connectivity index (χ1) is 6.60. The van der Waals surface area contributed by atoms with Gasteiger partial charge in [0.15, 0.2) is 6.10 Å². The maximum absolute atomic E-state index is 11.4. The Hall–Kier alpha value is -0.680. The SMILES string of the molecule is N#CC1CN(S(=O)(=O)CCO)CCO1. The molecule has 1 rings (SSSR count). The summed E-state index contributed by atoms with van der Waals surface area (Å²) in [6.45, 7) is 0.124. The number of sulfonamides is 1. The second kappa shape index (κ2) is 4.70. The monoisotopic (exact) mass is 220 g/mol. The molecule has 0 radical (unpaired) electrons. The van der Waals surface area contributed by atoms with Crippen LogP contribution in [0.1, 0.15) is 0 Å². The fraction of sp³-hybridized carbons (Fsp3) is 0.857. The molecular formula is C7H12N2O4S. The van der Waals surface area contributed by atoms with Crippen molar-refractivity contribution in [2.24, 2.45) is 0 Å². The Kier molecular flexibility index (Phi) is 3.83. The van der Waals surface area contributed by atoms with Crippen molar-refractivity contribution >= 4 is 10.0 Å². The van der Waals surface area contributed by atoms with E-state index in [1.54, 1.807) is 0 Å². The van der Waals surface area contributed by atoms with Crippen molar-refractivity contribution in [1.29, 1.82) is 5.26 Å². The Labute approximate surface area is 82.7 Å². The second-order valence-electron chi connectivity index (χ2n) is 2.89. The quantitative estimate of drug-likeness (QED) is 0.627. The first-order valence-electron chi connectivity index (χ1n) is 4.20. The summed E-state index contributed by atoms with van der Waals surface area (Å²) in [5.41, 5.74) is 0. The fourth-order valence-corrected chi connectivity index (χ4v) is 2.41. The topological polar surface area (TPSA) is 90.6 Å². The summed E-state index contributed by atoms with van der Waals surface area (Å²) in [5.74, 6) is -0.300. The zero-order valence-corrected chi connectivity index (χ0v) is 8.40.